The maximum Gasteiger partial charge on any atom is 0.223 e. The quantitative estimate of drug-likeness (QED) is 0.791. The zero-order chi connectivity index (χ0) is 10.8. The number of hydrogen-bond acceptors (Lipinski definition) is 3. The predicted octanol–water partition coefficient (Wildman–Crippen LogP) is 2.43. The molecule has 1 aromatic heterocycles. The molecule has 0 spiro atoms. The van der Waals surface area contributed by atoms with Crippen molar-refractivity contribution < 1.29 is 4.39 Å². The number of anilines is 1. The fraction of sp³-hybridized carbons (Fsp3) is 0.556. The Kier molecular flexibility index (Phi) is 3.26. The van der Waals surface area contributed by atoms with Crippen LogP contribution in [0.15, 0.2) is 12.4 Å². The molecule has 0 saturated carbocycles. The Labute approximate surface area is 87.7 Å². The minimum absolute atomic E-state index is 0.0869. The molecule has 0 fully saturated rings. The van der Waals surface area contributed by atoms with Gasteiger partial charge in [-0.05, 0) is 20.8 Å². The van der Waals surface area contributed by atoms with Crippen LogP contribution >= 0.6 is 11.6 Å². The van der Waals surface area contributed by atoms with E-state index in [9.17, 15) is 4.39 Å². The van der Waals surface area contributed by atoms with Crippen molar-refractivity contribution in [3.8, 4) is 0 Å². The molecule has 0 radical (unpaired) electrons. The fourth-order valence-electron chi connectivity index (χ4n) is 0.764. The van der Waals surface area contributed by atoms with E-state index in [2.05, 4.69) is 15.3 Å². The molecular weight excluding hydrogens is 205 g/mol. The van der Waals surface area contributed by atoms with E-state index in [1.54, 1.807) is 0 Å². The number of rotatable bonds is 3. The Morgan fingerprint density at radius 3 is 2.36 bits per heavy atom. The summed E-state index contributed by atoms with van der Waals surface area (Å²) in [5.41, 5.74) is -0.334. The monoisotopic (exact) mass is 217 g/mol. The van der Waals surface area contributed by atoms with Crippen LogP contribution in [0.1, 0.15) is 20.8 Å². The van der Waals surface area contributed by atoms with Gasteiger partial charge >= 0.3 is 0 Å². The summed E-state index contributed by atoms with van der Waals surface area (Å²) in [6.07, 6.45) is 2.23. The van der Waals surface area contributed by atoms with Crippen molar-refractivity contribution in [2.24, 2.45) is 0 Å². The van der Waals surface area contributed by atoms with Crippen LogP contribution in [0, 0.1) is 5.82 Å². The van der Waals surface area contributed by atoms with E-state index in [1.165, 1.54) is 0 Å². The van der Waals surface area contributed by atoms with E-state index in [0.717, 1.165) is 12.4 Å². The van der Waals surface area contributed by atoms with Crippen LogP contribution < -0.4 is 5.32 Å². The minimum atomic E-state index is -0.452. The van der Waals surface area contributed by atoms with Crippen LogP contribution in [-0.4, -0.2) is 20.9 Å². The van der Waals surface area contributed by atoms with Crippen molar-refractivity contribution in [2.75, 3.05) is 5.32 Å². The van der Waals surface area contributed by atoms with Gasteiger partial charge in [-0.25, -0.2) is 14.4 Å². The third-order valence-corrected chi connectivity index (χ3v) is 2.59. The lowest BCUT2D eigenvalue weighted by atomic mass is 10.0. The number of aromatic nitrogens is 2. The van der Waals surface area contributed by atoms with Gasteiger partial charge in [0.1, 0.15) is 0 Å². The molecule has 1 unspecified atom stereocenters. The standard InChI is InChI=1S/C9H13ClFN3/c1-6(10)9(2,3)14-8-12-4-7(11)5-13-8/h4-6H,1-3H3,(H,12,13,14). The normalized spacial score (nSPS) is 13.8. The van der Waals surface area contributed by atoms with Gasteiger partial charge in [-0.15, -0.1) is 11.6 Å². The van der Waals surface area contributed by atoms with Gasteiger partial charge < -0.3 is 5.32 Å². The lowest BCUT2D eigenvalue weighted by Gasteiger charge is -2.28. The molecule has 0 aliphatic rings. The first-order valence-corrected chi connectivity index (χ1v) is 4.75. The molecule has 1 heterocycles. The maximum absolute atomic E-state index is 12.5. The second kappa shape index (κ2) is 4.09. The Hall–Kier alpha value is -0.900. The second-order valence-electron chi connectivity index (χ2n) is 3.69. The minimum Gasteiger partial charge on any atom is -0.348 e. The molecule has 0 aromatic carbocycles. The number of nitrogens with zero attached hydrogens (tertiary/aromatic N) is 2. The average molecular weight is 218 g/mol. The SMILES string of the molecule is CC(Cl)C(C)(C)Nc1ncc(F)cn1. The molecular formula is C9H13ClFN3. The lowest BCUT2D eigenvalue weighted by Crippen LogP contribution is -2.39. The van der Waals surface area contributed by atoms with Crippen molar-refractivity contribution in [1.82, 2.24) is 9.97 Å². The number of halogens is 2. The molecule has 0 aliphatic carbocycles. The fourth-order valence-corrected chi connectivity index (χ4v) is 0.819. The Morgan fingerprint density at radius 1 is 1.43 bits per heavy atom. The van der Waals surface area contributed by atoms with E-state index in [4.69, 9.17) is 11.6 Å². The lowest BCUT2D eigenvalue weighted by molar-refractivity contribution is 0.547. The highest BCUT2D eigenvalue weighted by Gasteiger charge is 2.24. The molecule has 0 saturated heterocycles. The first kappa shape index (κ1) is 11.2. The molecule has 1 aromatic rings. The molecule has 14 heavy (non-hydrogen) atoms. The van der Waals surface area contributed by atoms with E-state index in [1.807, 2.05) is 20.8 Å². The highest BCUT2D eigenvalue weighted by molar-refractivity contribution is 6.21. The highest BCUT2D eigenvalue weighted by Crippen LogP contribution is 2.18. The van der Waals surface area contributed by atoms with E-state index >= 15 is 0 Å². The summed E-state index contributed by atoms with van der Waals surface area (Å²) in [6, 6.07) is 0. The van der Waals surface area contributed by atoms with Crippen molar-refractivity contribution in [2.45, 2.75) is 31.7 Å². The zero-order valence-corrected chi connectivity index (χ0v) is 9.14. The summed E-state index contributed by atoms with van der Waals surface area (Å²) in [5, 5.41) is 2.94. The molecule has 0 bridgehead atoms. The van der Waals surface area contributed by atoms with E-state index in [0.29, 0.717) is 5.95 Å². The molecule has 1 atom stereocenters. The van der Waals surface area contributed by atoms with Crippen LogP contribution in [-0.2, 0) is 0 Å². The Bertz CT molecular complexity index is 297. The summed E-state index contributed by atoms with van der Waals surface area (Å²) in [6.45, 7) is 5.73. The second-order valence-corrected chi connectivity index (χ2v) is 4.34. The number of alkyl halides is 1. The summed E-state index contributed by atoms with van der Waals surface area (Å²) in [4.78, 5) is 7.58. The molecule has 1 N–H and O–H groups in total. The summed E-state index contributed by atoms with van der Waals surface area (Å²) >= 11 is 5.96. The van der Waals surface area contributed by atoms with Crippen molar-refractivity contribution in [3.63, 3.8) is 0 Å². The van der Waals surface area contributed by atoms with E-state index < -0.39 is 5.82 Å². The molecule has 0 aliphatic heterocycles. The van der Waals surface area contributed by atoms with Crippen molar-refractivity contribution in [3.05, 3.63) is 18.2 Å². The molecule has 3 nitrogen and oxygen atoms in total. The van der Waals surface area contributed by atoms with Gasteiger partial charge in [-0.2, -0.15) is 0 Å². The number of nitrogens with one attached hydrogen (secondary N) is 1. The summed E-state index contributed by atoms with van der Waals surface area (Å²) in [5.74, 6) is -0.0730. The van der Waals surface area contributed by atoms with Crippen molar-refractivity contribution in [1.29, 1.82) is 0 Å². The van der Waals surface area contributed by atoms with E-state index in [-0.39, 0.29) is 10.9 Å². The topological polar surface area (TPSA) is 37.8 Å². The molecule has 78 valence electrons. The third-order valence-electron chi connectivity index (χ3n) is 2.05. The third kappa shape index (κ3) is 2.80. The smallest absolute Gasteiger partial charge is 0.223 e. The predicted molar refractivity (Wildman–Crippen MR) is 55.0 cm³/mol. The van der Waals surface area contributed by atoms with Gasteiger partial charge in [0.2, 0.25) is 5.95 Å². The number of hydrogen-bond donors (Lipinski definition) is 1. The summed E-state index contributed by atoms with van der Waals surface area (Å²) < 4.78 is 12.5. The van der Waals surface area contributed by atoms with Crippen LogP contribution in [0.4, 0.5) is 10.3 Å². The van der Waals surface area contributed by atoms with Gasteiger partial charge in [-0.3, -0.25) is 0 Å². The largest absolute Gasteiger partial charge is 0.348 e. The summed E-state index contributed by atoms with van der Waals surface area (Å²) in [7, 11) is 0. The Balaban J connectivity index is 2.74. The van der Waals surface area contributed by atoms with Crippen LogP contribution in [0.25, 0.3) is 0 Å². The van der Waals surface area contributed by atoms with Crippen LogP contribution in [0.5, 0.6) is 0 Å². The first-order valence-electron chi connectivity index (χ1n) is 4.31. The van der Waals surface area contributed by atoms with Crippen molar-refractivity contribution >= 4 is 17.5 Å². The molecule has 5 heteroatoms. The molecule has 0 amide bonds. The van der Waals surface area contributed by atoms with Gasteiger partial charge in [0.15, 0.2) is 5.82 Å². The van der Waals surface area contributed by atoms with Gasteiger partial charge in [0, 0.05) is 0 Å². The zero-order valence-electron chi connectivity index (χ0n) is 8.38. The molecule has 1 rings (SSSR count). The van der Waals surface area contributed by atoms with Crippen LogP contribution in [0.2, 0.25) is 0 Å². The van der Waals surface area contributed by atoms with Gasteiger partial charge in [-0.1, -0.05) is 0 Å². The van der Waals surface area contributed by atoms with Gasteiger partial charge in [0.25, 0.3) is 0 Å². The highest BCUT2D eigenvalue weighted by atomic mass is 35.5. The average Bonchev–Trinajstić information content (AvgIpc) is 2.08. The van der Waals surface area contributed by atoms with Crippen LogP contribution in [0.3, 0.4) is 0 Å². The Morgan fingerprint density at radius 2 is 1.93 bits per heavy atom. The first-order chi connectivity index (χ1) is 6.42. The van der Waals surface area contributed by atoms with Gasteiger partial charge in [0.05, 0.1) is 23.3 Å². The maximum atomic E-state index is 12.5.